The van der Waals surface area contributed by atoms with Gasteiger partial charge in [0.1, 0.15) is 0 Å². The van der Waals surface area contributed by atoms with Crippen molar-refractivity contribution in [2.75, 3.05) is 12.3 Å². The van der Waals surface area contributed by atoms with Crippen molar-refractivity contribution in [1.82, 2.24) is 4.72 Å². The molecule has 0 radical (unpaired) electrons. The van der Waals surface area contributed by atoms with Crippen LogP contribution in [0.5, 0.6) is 0 Å². The Morgan fingerprint density at radius 3 is 2.59 bits per heavy atom. The van der Waals surface area contributed by atoms with Crippen molar-refractivity contribution in [1.29, 1.82) is 0 Å². The van der Waals surface area contributed by atoms with Crippen LogP contribution in [0.15, 0.2) is 27.6 Å². The lowest BCUT2D eigenvalue weighted by Gasteiger charge is -2.15. The predicted molar refractivity (Wildman–Crippen MR) is 67.9 cm³/mol. The van der Waals surface area contributed by atoms with Gasteiger partial charge in [-0.15, -0.1) is 0 Å². The van der Waals surface area contributed by atoms with Crippen LogP contribution in [0.1, 0.15) is 12.8 Å². The fourth-order valence-electron chi connectivity index (χ4n) is 1.48. The zero-order valence-electron chi connectivity index (χ0n) is 8.98. The summed E-state index contributed by atoms with van der Waals surface area (Å²) in [6.45, 7) is -0.182. The van der Waals surface area contributed by atoms with Crippen LogP contribution in [-0.2, 0) is 10.0 Å². The summed E-state index contributed by atoms with van der Waals surface area (Å²) in [6.07, 6.45) is 1.32. The Morgan fingerprint density at radius 2 is 2.12 bits per heavy atom. The molecular weight excluding hydrogens is 308 g/mol. The van der Waals surface area contributed by atoms with E-state index in [1.807, 2.05) is 0 Å². The fraction of sp³-hybridized carbons (Fsp3) is 0.400. The number of aliphatic hydroxyl groups excluding tert-OH is 1. The van der Waals surface area contributed by atoms with E-state index in [1.165, 1.54) is 12.1 Å². The molecule has 1 aliphatic rings. The summed E-state index contributed by atoms with van der Waals surface area (Å²) in [6, 6.07) is 4.44. The molecule has 4 N–H and O–H groups in total. The molecule has 1 fully saturated rings. The van der Waals surface area contributed by atoms with Gasteiger partial charge in [0, 0.05) is 10.2 Å². The van der Waals surface area contributed by atoms with Crippen LogP contribution in [0.25, 0.3) is 0 Å². The Bertz CT molecular complexity index is 540. The molecule has 0 aliphatic heterocycles. The molecule has 94 valence electrons. The number of rotatable bonds is 4. The van der Waals surface area contributed by atoms with E-state index in [0.717, 1.165) is 0 Å². The van der Waals surface area contributed by atoms with Gasteiger partial charge in [-0.3, -0.25) is 0 Å². The van der Waals surface area contributed by atoms with Crippen LogP contribution in [0.2, 0.25) is 0 Å². The molecule has 1 saturated carbocycles. The number of nitrogens with two attached hydrogens (primary N) is 1. The third kappa shape index (κ3) is 2.62. The van der Waals surface area contributed by atoms with Crippen molar-refractivity contribution in [3.8, 4) is 0 Å². The maximum absolute atomic E-state index is 12.0. The van der Waals surface area contributed by atoms with Crippen molar-refractivity contribution < 1.29 is 13.5 Å². The maximum atomic E-state index is 12.0. The second-order valence-electron chi connectivity index (χ2n) is 4.23. The molecule has 0 amide bonds. The number of halogens is 1. The van der Waals surface area contributed by atoms with E-state index >= 15 is 0 Å². The number of anilines is 1. The van der Waals surface area contributed by atoms with E-state index in [0.29, 0.717) is 23.0 Å². The van der Waals surface area contributed by atoms with Crippen LogP contribution >= 0.6 is 15.9 Å². The van der Waals surface area contributed by atoms with Gasteiger partial charge < -0.3 is 10.8 Å². The van der Waals surface area contributed by atoms with E-state index in [1.54, 1.807) is 6.07 Å². The number of nitrogens with one attached hydrogen (secondary N) is 1. The molecule has 0 heterocycles. The van der Waals surface area contributed by atoms with Crippen molar-refractivity contribution in [3.05, 3.63) is 22.7 Å². The lowest BCUT2D eigenvalue weighted by molar-refractivity contribution is 0.246. The number of sulfonamides is 1. The Labute approximate surface area is 108 Å². The summed E-state index contributed by atoms with van der Waals surface area (Å²) in [4.78, 5) is 0.109. The van der Waals surface area contributed by atoms with Crippen molar-refractivity contribution in [2.45, 2.75) is 23.3 Å². The largest absolute Gasteiger partial charge is 0.398 e. The van der Waals surface area contributed by atoms with Crippen molar-refractivity contribution in [2.24, 2.45) is 0 Å². The predicted octanol–water partition coefficient (Wildman–Crippen LogP) is 0.834. The van der Waals surface area contributed by atoms with Crippen LogP contribution in [0.3, 0.4) is 0 Å². The number of nitrogen functional groups attached to an aromatic ring is 1. The minimum absolute atomic E-state index is 0.109. The molecule has 1 aromatic rings. The Hall–Kier alpha value is -0.630. The third-order valence-corrected chi connectivity index (χ3v) is 5.08. The number of benzene rings is 1. The molecule has 0 bridgehead atoms. The highest BCUT2D eigenvalue weighted by atomic mass is 79.9. The van der Waals surface area contributed by atoms with Crippen molar-refractivity contribution >= 4 is 31.6 Å². The summed E-state index contributed by atoms with van der Waals surface area (Å²) >= 11 is 3.20. The molecular formula is C10H13BrN2O3S. The van der Waals surface area contributed by atoms with Crippen LogP contribution < -0.4 is 10.5 Å². The summed E-state index contributed by atoms with van der Waals surface area (Å²) in [5.74, 6) is 0. The quantitative estimate of drug-likeness (QED) is 0.717. The first-order valence-corrected chi connectivity index (χ1v) is 7.36. The molecule has 7 heteroatoms. The summed E-state index contributed by atoms with van der Waals surface area (Å²) in [7, 11) is -3.62. The fourth-order valence-corrected chi connectivity index (χ4v) is 3.21. The second kappa shape index (κ2) is 4.24. The first-order valence-electron chi connectivity index (χ1n) is 5.08. The van der Waals surface area contributed by atoms with Gasteiger partial charge >= 0.3 is 0 Å². The SMILES string of the molecule is Nc1cc(S(=O)(=O)NC2(CO)CC2)ccc1Br. The van der Waals surface area contributed by atoms with Gasteiger partial charge in [0.2, 0.25) is 10.0 Å². The first-order chi connectivity index (χ1) is 7.88. The Kier molecular flexibility index (Phi) is 3.19. The molecule has 17 heavy (non-hydrogen) atoms. The molecule has 0 unspecified atom stereocenters. The molecule has 0 aromatic heterocycles. The summed E-state index contributed by atoms with van der Waals surface area (Å²) in [5, 5.41) is 9.11. The lowest BCUT2D eigenvalue weighted by Crippen LogP contribution is -2.39. The number of hydrogen-bond acceptors (Lipinski definition) is 4. The summed E-state index contributed by atoms with van der Waals surface area (Å²) in [5.41, 5.74) is 5.34. The smallest absolute Gasteiger partial charge is 0.241 e. The second-order valence-corrected chi connectivity index (χ2v) is 6.76. The maximum Gasteiger partial charge on any atom is 0.241 e. The zero-order chi connectivity index (χ0) is 12.7. The van der Waals surface area contributed by atoms with E-state index in [9.17, 15) is 8.42 Å². The molecule has 0 spiro atoms. The number of aliphatic hydroxyl groups is 1. The minimum Gasteiger partial charge on any atom is -0.398 e. The Balaban J connectivity index is 2.29. The van der Waals surface area contributed by atoms with Gasteiger partial charge in [-0.1, -0.05) is 0 Å². The molecule has 1 aromatic carbocycles. The van der Waals surface area contributed by atoms with Crippen LogP contribution in [-0.4, -0.2) is 25.7 Å². The van der Waals surface area contributed by atoms with E-state index in [4.69, 9.17) is 10.8 Å². The monoisotopic (exact) mass is 320 g/mol. The van der Waals surface area contributed by atoms with E-state index < -0.39 is 15.6 Å². The molecule has 0 saturated heterocycles. The highest BCUT2D eigenvalue weighted by Gasteiger charge is 2.45. The highest BCUT2D eigenvalue weighted by molar-refractivity contribution is 9.10. The minimum atomic E-state index is -3.62. The lowest BCUT2D eigenvalue weighted by atomic mass is 10.3. The standard InChI is InChI=1S/C10H13BrN2O3S/c11-8-2-1-7(5-9(8)12)17(15,16)13-10(6-14)3-4-10/h1-2,5,13-14H,3-4,6,12H2. The Morgan fingerprint density at radius 1 is 1.47 bits per heavy atom. The topological polar surface area (TPSA) is 92.4 Å². The normalized spacial score (nSPS) is 18.0. The molecule has 1 aliphatic carbocycles. The number of hydrogen-bond donors (Lipinski definition) is 3. The summed E-state index contributed by atoms with van der Waals surface area (Å²) < 4.78 is 27.2. The van der Waals surface area contributed by atoms with Crippen LogP contribution in [0, 0.1) is 0 Å². The van der Waals surface area contributed by atoms with Gasteiger partial charge in [-0.2, -0.15) is 0 Å². The van der Waals surface area contributed by atoms with Gasteiger partial charge in [-0.05, 0) is 47.0 Å². The average molecular weight is 321 g/mol. The van der Waals surface area contributed by atoms with Gasteiger partial charge in [-0.25, -0.2) is 13.1 Å². The highest BCUT2D eigenvalue weighted by Crippen LogP contribution is 2.36. The van der Waals surface area contributed by atoms with E-state index in [2.05, 4.69) is 20.7 Å². The third-order valence-electron chi connectivity index (χ3n) is 2.78. The van der Waals surface area contributed by atoms with E-state index in [-0.39, 0.29) is 11.5 Å². The van der Waals surface area contributed by atoms with Gasteiger partial charge in [0.05, 0.1) is 17.0 Å². The van der Waals surface area contributed by atoms with Crippen LogP contribution in [0.4, 0.5) is 5.69 Å². The van der Waals surface area contributed by atoms with Gasteiger partial charge in [0.25, 0.3) is 0 Å². The molecule has 2 rings (SSSR count). The average Bonchev–Trinajstić information content (AvgIpc) is 3.02. The van der Waals surface area contributed by atoms with Gasteiger partial charge in [0.15, 0.2) is 0 Å². The zero-order valence-corrected chi connectivity index (χ0v) is 11.4. The van der Waals surface area contributed by atoms with Crippen molar-refractivity contribution in [3.63, 3.8) is 0 Å². The first kappa shape index (κ1) is 12.8. The molecule has 5 nitrogen and oxygen atoms in total. The molecule has 0 atom stereocenters.